The summed E-state index contributed by atoms with van der Waals surface area (Å²) in [6, 6.07) is 7.62. The third-order valence-corrected chi connectivity index (χ3v) is 5.98. The van der Waals surface area contributed by atoms with Crippen molar-refractivity contribution in [3.8, 4) is 11.4 Å². The number of imide groups is 1. The monoisotopic (exact) mass is 393 g/mol. The summed E-state index contributed by atoms with van der Waals surface area (Å²) in [7, 11) is 0. The predicted octanol–water partition coefficient (Wildman–Crippen LogP) is 1.90. The van der Waals surface area contributed by atoms with Gasteiger partial charge in [0.15, 0.2) is 6.61 Å². The lowest BCUT2D eigenvalue weighted by atomic mass is 9.85. The maximum atomic E-state index is 12.6. The van der Waals surface area contributed by atoms with E-state index in [4.69, 9.17) is 9.26 Å². The van der Waals surface area contributed by atoms with E-state index in [1.165, 1.54) is 0 Å². The van der Waals surface area contributed by atoms with E-state index < -0.39 is 5.97 Å². The van der Waals surface area contributed by atoms with E-state index in [9.17, 15) is 14.4 Å². The van der Waals surface area contributed by atoms with Crippen molar-refractivity contribution in [2.45, 2.75) is 20.0 Å². The molecule has 8 nitrogen and oxygen atoms in total. The fourth-order valence-electron chi connectivity index (χ4n) is 4.57. The number of esters is 1. The van der Waals surface area contributed by atoms with Gasteiger partial charge in [-0.3, -0.25) is 19.3 Å². The number of ether oxygens (including phenoxy) is 1. The Balaban J connectivity index is 1.19. The summed E-state index contributed by atoms with van der Waals surface area (Å²) in [5.74, 6) is -1.09. The second-order valence-corrected chi connectivity index (χ2v) is 7.80. The SMILES string of the molecule is Cc1ccc(-c2noc(COC(=O)CN3C(=O)C4C5C=CC(C5)C4C3=O)n2)cc1. The molecule has 29 heavy (non-hydrogen) atoms. The van der Waals surface area contributed by atoms with Gasteiger partial charge in [0.05, 0.1) is 11.8 Å². The fraction of sp³-hybridized carbons (Fsp3) is 0.381. The smallest absolute Gasteiger partial charge is 0.326 e. The molecular weight excluding hydrogens is 374 g/mol. The van der Waals surface area contributed by atoms with E-state index in [2.05, 4.69) is 10.1 Å². The average Bonchev–Trinajstić information content (AvgIpc) is 3.48. The van der Waals surface area contributed by atoms with Crippen molar-refractivity contribution in [3.05, 3.63) is 47.9 Å². The number of allylic oxidation sites excluding steroid dienone is 2. The van der Waals surface area contributed by atoms with Gasteiger partial charge in [-0.2, -0.15) is 4.98 Å². The molecule has 2 fully saturated rings. The Morgan fingerprint density at radius 2 is 1.79 bits per heavy atom. The van der Waals surface area contributed by atoms with Gasteiger partial charge in [-0.05, 0) is 25.2 Å². The highest BCUT2D eigenvalue weighted by atomic mass is 16.6. The number of benzene rings is 1. The lowest BCUT2D eigenvalue weighted by Crippen LogP contribution is -2.37. The van der Waals surface area contributed by atoms with Crippen LogP contribution in [0.3, 0.4) is 0 Å². The number of amides is 2. The maximum absolute atomic E-state index is 12.6. The molecule has 0 spiro atoms. The molecule has 1 aromatic heterocycles. The standard InChI is InChI=1S/C21H19N3O5/c1-11-2-4-12(5-3-11)19-22-15(29-23-19)10-28-16(25)9-24-20(26)17-13-6-7-14(8-13)18(17)21(24)27/h2-7,13-14,17-18H,8-10H2,1H3. The van der Waals surface area contributed by atoms with Crippen molar-refractivity contribution in [3.63, 3.8) is 0 Å². The highest BCUT2D eigenvalue weighted by Crippen LogP contribution is 2.52. The third kappa shape index (κ3) is 2.95. The average molecular weight is 393 g/mol. The number of rotatable bonds is 5. The van der Waals surface area contributed by atoms with Gasteiger partial charge in [0.25, 0.3) is 5.89 Å². The summed E-state index contributed by atoms with van der Waals surface area (Å²) >= 11 is 0. The van der Waals surface area contributed by atoms with Crippen molar-refractivity contribution in [1.82, 2.24) is 15.0 Å². The Bertz CT molecular complexity index is 995. The summed E-state index contributed by atoms with van der Waals surface area (Å²) in [6.07, 6.45) is 4.88. The van der Waals surface area contributed by atoms with Gasteiger partial charge in [0, 0.05) is 5.56 Å². The van der Waals surface area contributed by atoms with Crippen molar-refractivity contribution < 1.29 is 23.6 Å². The van der Waals surface area contributed by atoms with Crippen LogP contribution in [-0.2, 0) is 25.7 Å². The van der Waals surface area contributed by atoms with Gasteiger partial charge >= 0.3 is 5.97 Å². The number of hydrogen-bond acceptors (Lipinski definition) is 7. The number of likely N-dealkylation sites (tertiary alicyclic amines) is 1. The van der Waals surface area contributed by atoms with E-state index in [1.807, 2.05) is 43.3 Å². The molecule has 4 atom stereocenters. The van der Waals surface area contributed by atoms with Gasteiger partial charge in [-0.1, -0.05) is 47.1 Å². The minimum Gasteiger partial charge on any atom is -0.454 e. The Morgan fingerprint density at radius 1 is 1.14 bits per heavy atom. The molecule has 1 aromatic carbocycles. The van der Waals surface area contributed by atoms with Crippen LogP contribution in [0.4, 0.5) is 0 Å². The van der Waals surface area contributed by atoms with Crippen LogP contribution in [0.5, 0.6) is 0 Å². The topological polar surface area (TPSA) is 103 Å². The molecule has 2 bridgehead atoms. The Morgan fingerprint density at radius 3 is 2.45 bits per heavy atom. The van der Waals surface area contributed by atoms with Crippen LogP contribution in [0, 0.1) is 30.6 Å². The van der Waals surface area contributed by atoms with Crippen LogP contribution in [0.25, 0.3) is 11.4 Å². The summed E-state index contributed by atoms with van der Waals surface area (Å²) in [4.78, 5) is 42.7. The minimum absolute atomic E-state index is 0.112. The molecule has 3 aliphatic rings. The number of fused-ring (bicyclic) bond motifs is 5. The van der Waals surface area contributed by atoms with Crippen LogP contribution in [-0.4, -0.2) is 39.4 Å². The molecule has 1 aliphatic heterocycles. The molecule has 4 unspecified atom stereocenters. The number of nitrogens with zero attached hydrogens (tertiary/aromatic N) is 3. The van der Waals surface area contributed by atoms with E-state index in [-0.39, 0.29) is 54.5 Å². The normalized spacial score (nSPS) is 27.0. The number of carbonyl (C=O) groups is 3. The lowest BCUT2D eigenvalue weighted by molar-refractivity contribution is -0.154. The molecule has 2 amide bonds. The molecule has 1 saturated carbocycles. The number of aromatic nitrogens is 2. The summed E-state index contributed by atoms with van der Waals surface area (Å²) in [6.45, 7) is 1.38. The van der Waals surface area contributed by atoms with Crippen molar-refractivity contribution in [2.75, 3.05) is 6.54 Å². The Labute approximate surface area is 166 Å². The largest absolute Gasteiger partial charge is 0.454 e. The molecule has 1 saturated heterocycles. The zero-order valence-corrected chi connectivity index (χ0v) is 15.8. The first kappa shape index (κ1) is 17.8. The molecule has 148 valence electrons. The highest BCUT2D eigenvalue weighted by Gasteiger charge is 2.59. The first-order valence-corrected chi connectivity index (χ1v) is 9.60. The second kappa shape index (κ2) is 6.65. The second-order valence-electron chi connectivity index (χ2n) is 7.80. The first-order valence-electron chi connectivity index (χ1n) is 9.60. The van der Waals surface area contributed by atoms with E-state index in [0.717, 1.165) is 22.4 Å². The third-order valence-electron chi connectivity index (χ3n) is 5.98. The zero-order valence-electron chi connectivity index (χ0n) is 15.8. The fourth-order valence-corrected chi connectivity index (χ4v) is 4.57. The Hall–Kier alpha value is -3.29. The zero-order chi connectivity index (χ0) is 20.1. The molecule has 0 N–H and O–H groups in total. The highest BCUT2D eigenvalue weighted by molar-refractivity contribution is 6.08. The molecule has 2 aliphatic carbocycles. The van der Waals surface area contributed by atoms with Gasteiger partial charge in [0.2, 0.25) is 17.6 Å². The number of hydrogen-bond donors (Lipinski definition) is 0. The van der Waals surface area contributed by atoms with Gasteiger partial charge in [-0.15, -0.1) is 0 Å². The van der Waals surface area contributed by atoms with Crippen molar-refractivity contribution in [1.29, 1.82) is 0 Å². The molecular formula is C21H19N3O5. The molecule has 2 aromatic rings. The summed E-state index contributed by atoms with van der Waals surface area (Å²) in [5, 5.41) is 3.88. The molecule has 2 heterocycles. The maximum Gasteiger partial charge on any atom is 0.326 e. The molecule has 5 rings (SSSR count). The van der Waals surface area contributed by atoms with Gasteiger partial charge < -0.3 is 9.26 Å². The summed E-state index contributed by atoms with van der Waals surface area (Å²) < 4.78 is 10.3. The van der Waals surface area contributed by atoms with Crippen LogP contribution < -0.4 is 0 Å². The first-order chi connectivity index (χ1) is 14.0. The number of carbonyl (C=O) groups excluding carboxylic acids is 3. The van der Waals surface area contributed by atoms with Crippen LogP contribution in [0.1, 0.15) is 17.9 Å². The number of aryl methyl sites for hydroxylation is 1. The molecule has 8 heteroatoms. The van der Waals surface area contributed by atoms with Crippen molar-refractivity contribution in [2.24, 2.45) is 23.7 Å². The summed E-state index contributed by atoms with van der Waals surface area (Å²) in [5.41, 5.74) is 1.91. The van der Waals surface area contributed by atoms with Crippen LogP contribution in [0.2, 0.25) is 0 Å². The van der Waals surface area contributed by atoms with E-state index >= 15 is 0 Å². The van der Waals surface area contributed by atoms with Crippen LogP contribution in [0.15, 0.2) is 40.9 Å². The lowest BCUT2D eigenvalue weighted by Gasteiger charge is -2.15. The van der Waals surface area contributed by atoms with E-state index in [1.54, 1.807) is 0 Å². The Kier molecular flexibility index (Phi) is 4.08. The predicted molar refractivity (Wildman–Crippen MR) is 98.7 cm³/mol. The van der Waals surface area contributed by atoms with Gasteiger partial charge in [0.1, 0.15) is 6.54 Å². The van der Waals surface area contributed by atoms with E-state index in [0.29, 0.717) is 5.82 Å². The van der Waals surface area contributed by atoms with Gasteiger partial charge in [-0.25, -0.2) is 0 Å². The van der Waals surface area contributed by atoms with Crippen LogP contribution >= 0.6 is 0 Å². The van der Waals surface area contributed by atoms with Crippen molar-refractivity contribution >= 4 is 17.8 Å². The molecule has 0 radical (unpaired) electrons. The quantitative estimate of drug-likeness (QED) is 0.434. The minimum atomic E-state index is -0.679.